The van der Waals surface area contributed by atoms with Crippen molar-refractivity contribution in [3.8, 4) is 17.2 Å². The van der Waals surface area contributed by atoms with Gasteiger partial charge in [-0.2, -0.15) is 5.26 Å². The van der Waals surface area contributed by atoms with Crippen molar-refractivity contribution in [1.29, 1.82) is 5.26 Å². The van der Waals surface area contributed by atoms with Gasteiger partial charge in [0.2, 0.25) is 11.8 Å². The molecule has 2 aromatic carbocycles. The number of nitrogens with zero attached hydrogens (tertiary/aromatic N) is 3. The SMILES string of the molecule is Cc1ccc(-c2cc3c(cc2C#N)CC2(C3)C(=O)N(C)C(=O)N(C)C2=O)cc1. The van der Waals surface area contributed by atoms with Crippen LogP contribution in [-0.2, 0) is 22.4 Å². The number of amides is 4. The summed E-state index contributed by atoms with van der Waals surface area (Å²) in [5.41, 5.74) is 3.70. The van der Waals surface area contributed by atoms with Gasteiger partial charge < -0.3 is 0 Å². The summed E-state index contributed by atoms with van der Waals surface area (Å²) in [6.45, 7) is 2.00. The lowest BCUT2D eigenvalue weighted by molar-refractivity contribution is -0.156. The van der Waals surface area contributed by atoms with Gasteiger partial charge in [0.25, 0.3) is 0 Å². The molecule has 1 aliphatic carbocycles. The normalized spacial score (nSPS) is 17.9. The largest absolute Gasteiger partial charge is 0.332 e. The molecular formula is C22H19N3O3. The highest BCUT2D eigenvalue weighted by molar-refractivity contribution is 6.19. The molecular weight excluding hydrogens is 354 g/mol. The second kappa shape index (κ2) is 6.03. The molecule has 1 aliphatic heterocycles. The van der Waals surface area contributed by atoms with Crippen LogP contribution < -0.4 is 0 Å². The van der Waals surface area contributed by atoms with Crippen LogP contribution in [0.5, 0.6) is 0 Å². The Kier molecular flexibility index (Phi) is 3.86. The highest BCUT2D eigenvalue weighted by Crippen LogP contribution is 2.44. The van der Waals surface area contributed by atoms with Gasteiger partial charge in [-0.15, -0.1) is 0 Å². The summed E-state index contributed by atoms with van der Waals surface area (Å²) in [6, 6.07) is 13.2. The summed E-state index contributed by atoms with van der Waals surface area (Å²) in [5.74, 6) is -0.959. The number of carbonyl (C=O) groups is 3. The van der Waals surface area contributed by atoms with E-state index in [-0.39, 0.29) is 12.8 Å². The van der Waals surface area contributed by atoms with Crippen LogP contribution in [0.3, 0.4) is 0 Å². The maximum absolute atomic E-state index is 12.9. The molecule has 0 saturated carbocycles. The summed E-state index contributed by atoms with van der Waals surface area (Å²) >= 11 is 0. The maximum atomic E-state index is 12.9. The molecule has 28 heavy (non-hydrogen) atoms. The molecule has 0 bridgehead atoms. The lowest BCUT2D eigenvalue weighted by Gasteiger charge is -2.39. The van der Waals surface area contributed by atoms with Crippen molar-refractivity contribution in [2.75, 3.05) is 14.1 Å². The van der Waals surface area contributed by atoms with Crippen molar-refractivity contribution in [3.05, 3.63) is 58.7 Å². The Bertz CT molecular complexity index is 1060. The third-order valence-electron chi connectivity index (χ3n) is 5.81. The number of barbiturate groups is 1. The van der Waals surface area contributed by atoms with Gasteiger partial charge in [-0.25, -0.2) is 4.79 Å². The molecule has 1 fully saturated rings. The molecule has 0 N–H and O–H groups in total. The van der Waals surface area contributed by atoms with Crippen LogP contribution >= 0.6 is 0 Å². The Labute approximate surface area is 163 Å². The predicted molar refractivity (Wildman–Crippen MR) is 102 cm³/mol. The first-order valence-electron chi connectivity index (χ1n) is 9.02. The van der Waals surface area contributed by atoms with E-state index in [1.807, 2.05) is 37.3 Å². The predicted octanol–water partition coefficient (Wildman–Crippen LogP) is 2.67. The minimum atomic E-state index is -1.31. The molecule has 1 saturated heterocycles. The molecule has 1 spiro atoms. The summed E-state index contributed by atoms with van der Waals surface area (Å²) in [5, 5.41) is 9.65. The van der Waals surface area contributed by atoms with Gasteiger partial charge in [-0.3, -0.25) is 19.4 Å². The van der Waals surface area contributed by atoms with Gasteiger partial charge in [-0.05, 0) is 54.2 Å². The van der Waals surface area contributed by atoms with E-state index in [4.69, 9.17) is 0 Å². The highest BCUT2D eigenvalue weighted by Gasteiger charge is 2.58. The molecule has 4 amide bonds. The summed E-state index contributed by atoms with van der Waals surface area (Å²) < 4.78 is 0. The number of hydrogen-bond donors (Lipinski definition) is 0. The third-order valence-corrected chi connectivity index (χ3v) is 5.81. The second-order valence-corrected chi connectivity index (χ2v) is 7.59. The molecule has 0 aromatic heterocycles. The Morgan fingerprint density at radius 1 is 0.929 bits per heavy atom. The van der Waals surface area contributed by atoms with Gasteiger partial charge in [0.05, 0.1) is 11.6 Å². The van der Waals surface area contributed by atoms with E-state index in [0.29, 0.717) is 5.56 Å². The zero-order valence-corrected chi connectivity index (χ0v) is 15.9. The van der Waals surface area contributed by atoms with Gasteiger partial charge in [0.15, 0.2) is 0 Å². The van der Waals surface area contributed by atoms with Crippen molar-refractivity contribution in [1.82, 2.24) is 9.80 Å². The van der Waals surface area contributed by atoms with Gasteiger partial charge in [-0.1, -0.05) is 29.8 Å². The number of benzene rings is 2. The molecule has 1 heterocycles. The number of urea groups is 1. The highest BCUT2D eigenvalue weighted by atomic mass is 16.2. The summed E-state index contributed by atoms with van der Waals surface area (Å²) in [7, 11) is 2.80. The summed E-state index contributed by atoms with van der Waals surface area (Å²) in [6.07, 6.45) is 0.428. The Hall–Kier alpha value is -3.46. The van der Waals surface area contributed by atoms with Crippen LogP contribution in [0.25, 0.3) is 11.1 Å². The van der Waals surface area contributed by atoms with Crippen LogP contribution in [0.2, 0.25) is 0 Å². The standard InChI is InChI=1S/C22H19N3O3/c1-13-4-6-14(7-5-13)18-9-16-11-22(10-15(16)8-17(18)12-23)19(26)24(2)21(28)25(3)20(22)27/h4-9H,10-11H2,1-3H3. The molecule has 4 rings (SSSR count). The molecule has 6 nitrogen and oxygen atoms in total. The molecule has 2 aromatic rings. The van der Waals surface area contributed by atoms with Crippen molar-refractivity contribution in [2.24, 2.45) is 5.41 Å². The van der Waals surface area contributed by atoms with Crippen molar-refractivity contribution >= 4 is 17.8 Å². The van der Waals surface area contributed by atoms with E-state index in [9.17, 15) is 19.6 Å². The van der Waals surface area contributed by atoms with Gasteiger partial charge >= 0.3 is 6.03 Å². The zero-order chi connectivity index (χ0) is 20.2. The van der Waals surface area contributed by atoms with Crippen LogP contribution in [0.4, 0.5) is 4.79 Å². The Balaban J connectivity index is 1.81. The minimum Gasteiger partial charge on any atom is -0.273 e. The molecule has 2 aliphatic rings. The number of nitriles is 1. The number of aryl methyl sites for hydroxylation is 1. The fraction of sp³-hybridized carbons (Fsp3) is 0.273. The maximum Gasteiger partial charge on any atom is 0.332 e. The lowest BCUT2D eigenvalue weighted by Crippen LogP contribution is -2.63. The van der Waals surface area contributed by atoms with E-state index in [2.05, 4.69) is 6.07 Å². The van der Waals surface area contributed by atoms with E-state index in [1.54, 1.807) is 6.07 Å². The number of hydrogen-bond acceptors (Lipinski definition) is 4. The van der Waals surface area contributed by atoms with Gasteiger partial charge in [0, 0.05) is 14.1 Å². The van der Waals surface area contributed by atoms with Crippen molar-refractivity contribution in [3.63, 3.8) is 0 Å². The quantitative estimate of drug-likeness (QED) is 0.720. The molecule has 0 unspecified atom stereocenters. The number of carbonyl (C=O) groups excluding carboxylic acids is 3. The van der Waals surface area contributed by atoms with E-state index in [1.165, 1.54) is 14.1 Å². The molecule has 0 atom stereocenters. The van der Waals surface area contributed by atoms with Crippen LogP contribution in [0.1, 0.15) is 22.3 Å². The average Bonchev–Trinajstić information content (AvgIpc) is 3.09. The first kappa shape index (κ1) is 17.9. The smallest absolute Gasteiger partial charge is 0.273 e. The number of fused-ring (bicyclic) bond motifs is 1. The first-order chi connectivity index (χ1) is 13.3. The summed E-state index contributed by atoms with van der Waals surface area (Å²) in [4.78, 5) is 40.0. The Morgan fingerprint density at radius 2 is 1.46 bits per heavy atom. The fourth-order valence-electron chi connectivity index (χ4n) is 4.23. The van der Waals surface area contributed by atoms with Crippen LogP contribution in [0, 0.1) is 23.7 Å². The zero-order valence-electron chi connectivity index (χ0n) is 15.9. The average molecular weight is 373 g/mol. The van der Waals surface area contributed by atoms with E-state index >= 15 is 0 Å². The number of imide groups is 2. The number of rotatable bonds is 1. The molecule has 6 heteroatoms. The monoisotopic (exact) mass is 373 g/mol. The van der Waals surface area contributed by atoms with Crippen LogP contribution in [-0.4, -0.2) is 41.7 Å². The van der Waals surface area contributed by atoms with Crippen LogP contribution in [0.15, 0.2) is 36.4 Å². The van der Waals surface area contributed by atoms with E-state index in [0.717, 1.165) is 37.6 Å². The lowest BCUT2D eigenvalue weighted by atomic mass is 9.80. The fourth-order valence-corrected chi connectivity index (χ4v) is 4.23. The first-order valence-corrected chi connectivity index (χ1v) is 9.02. The second-order valence-electron chi connectivity index (χ2n) is 7.59. The topological polar surface area (TPSA) is 81.5 Å². The Morgan fingerprint density at radius 3 is 2.00 bits per heavy atom. The minimum absolute atomic E-state index is 0.199. The van der Waals surface area contributed by atoms with Crippen molar-refractivity contribution in [2.45, 2.75) is 19.8 Å². The van der Waals surface area contributed by atoms with E-state index < -0.39 is 23.3 Å². The van der Waals surface area contributed by atoms with Crippen molar-refractivity contribution < 1.29 is 14.4 Å². The molecule has 0 radical (unpaired) electrons. The molecule has 140 valence electrons. The van der Waals surface area contributed by atoms with Gasteiger partial charge in [0.1, 0.15) is 5.41 Å². The third kappa shape index (κ3) is 2.36.